The number of carbonyl (C=O) groups excluding carboxylic acids is 1. The molecule has 2 fully saturated rings. The van der Waals surface area contributed by atoms with Gasteiger partial charge in [0.05, 0.1) is 12.1 Å². The fraction of sp³-hybridized carbons (Fsp3) is 0.526. The van der Waals surface area contributed by atoms with Crippen LogP contribution in [-0.2, 0) is 16.0 Å². The molecule has 1 saturated carbocycles. The number of aromatic nitrogens is 1. The molecule has 0 spiro atoms. The van der Waals surface area contributed by atoms with Crippen LogP contribution < -0.4 is 0 Å². The van der Waals surface area contributed by atoms with Crippen LogP contribution in [-0.4, -0.2) is 39.0 Å². The lowest BCUT2D eigenvalue weighted by Crippen LogP contribution is -2.47. The van der Waals surface area contributed by atoms with Gasteiger partial charge in [-0.2, -0.15) is 11.3 Å². The summed E-state index contributed by atoms with van der Waals surface area (Å²) in [4.78, 5) is 30.8. The van der Waals surface area contributed by atoms with Crippen LogP contribution in [0.4, 0.5) is 0 Å². The lowest BCUT2D eigenvalue weighted by atomic mass is 9.84. The third kappa shape index (κ3) is 3.05. The molecule has 0 aromatic carbocycles. The first-order valence-corrected chi connectivity index (χ1v) is 10.0. The number of thiophene rings is 1. The molecule has 1 amide bonds. The molecule has 4 rings (SSSR count). The molecule has 2 aliphatic rings. The maximum absolute atomic E-state index is 13.0. The van der Waals surface area contributed by atoms with Crippen LogP contribution in [0.15, 0.2) is 21.2 Å². The van der Waals surface area contributed by atoms with Gasteiger partial charge in [-0.1, -0.05) is 12.8 Å². The Labute approximate surface area is 155 Å². The maximum atomic E-state index is 13.0. The Morgan fingerprint density at radius 2 is 2.19 bits per heavy atom. The first kappa shape index (κ1) is 17.3. The van der Waals surface area contributed by atoms with Gasteiger partial charge in [0.25, 0.3) is 0 Å². The van der Waals surface area contributed by atoms with Crippen molar-refractivity contribution in [3.05, 3.63) is 28.3 Å². The molecule has 1 aliphatic carbocycles. The van der Waals surface area contributed by atoms with Crippen LogP contribution in [0, 0.1) is 12.8 Å². The van der Waals surface area contributed by atoms with Crippen molar-refractivity contribution >= 4 is 23.2 Å². The average Bonchev–Trinajstić information content (AvgIpc) is 3.33. The molecule has 6 nitrogen and oxygen atoms in total. The highest BCUT2D eigenvalue weighted by atomic mass is 32.1. The predicted molar refractivity (Wildman–Crippen MR) is 96.9 cm³/mol. The molecule has 1 aliphatic heterocycles. The van der Waals surface area contributed by atoms with Gasteiger partial charge in [-0.15, -0.1) is 0 Å². The molecule has 26 heavy (non-hydrogen) atoms. The number of hydrogen-bond acceptors (Lipinski definition) is 5. The molecule has 1 N–H and O–H groups in total. The van der Waals surface area contributed by atoms with E-state index in [-0.39, 0.29) is 18.4 Å². The first-order chi connectivity index (χ1) is 12.5. The molecule has 2 aromatic heterocycles. The van der Waals surface area contributed by atoms with Gasteiger partial charge in [-0.3, -0.25) is 4.79 Å². The van der Waals surface area contributed by atoms with Gasteiger partial charge in [-0.25, -0.2) is 9.78 Å². The van der Waals surface area contributed by atoms with Crippen molar-refractivity contribution in [3.8, 4) is 11.5 Å². The largest absolute Gasteiger partial charge is 0.480 e. The summed E-state index contributed by atoms with van der Waals surface area (Å²) in [6.45, 7) is 1.80. The normalized spacial score (nSPS) is 25.3. The highest BCUT2D eigenvalue weighted by Gasteiger charge is 2.47. The number of carboxylic acids is 1. The van der Waals surface area contributed by atoms with Gasteiger partial charge in [-0.05, 0) is 43.6 Å². The van der Waals surface area contributed by atoms with E-state index in [1.54, 1.807) is 23.2 Å². The standard InChI is InChI=1S/C19H22N2O4S/c1-11-14(20-18(25-11)13-6-7-26-10-13)9-17(22)21-15-5-3-2-4-12(15)8-16(21)19(23)24/h6-7,10,12,15-16H,2-5,8-9H2,1H3,(H,23,24)/t12-,15+,16-/m0/s1. The van der Waals surface area contributed by atoms with Crippen LogP contribution in [0.5, 0.6) is 0 Å². The number of fused-ring (bicyclic) bond motifs is 1. The second-order valence-electron chi connectivity index (χ2n) is 7.21. The molecule has 3 heterocycles. The number of amides is 1. The molecule has 0 unspecified atom stereocenters. The van der Waals surface area contributed by atoms with Gasteiger partial charge < -0.3 is 14.4 Å². The Kier molecular flexibility index (Phi) is 4.56. The smallest absolute Gasteiger partial charge is 0.326 e. The number of nitrogens with zero attached hydrogens (tertiary/aromatic N) is 2. The number of likely N-dealkylation sites (tertiary alicyclic amines) is 1. The Morgan fingerprint density at radius 3 is 2.92 bits per heavy atom. The molecule has 0 bridgehead atoms. The van der Waals surface area contributed by atoms with Gasteiger partial charge >= 0.3 is 5.97 Å². The van der Waals surface area contributed by atoms with E-state index in [9.17, 15) is 14.7 Å². The number of oxazole rings is 1. The third-order valence-electron chi connectivity index (χ3n) is 5.64. The van der Waals surface area contributed by atoms with Gasteiger partial charge in [0, 0.05) is 17.0 Å². The van der Waals surface area contributed by atoms with E-state index in [1.165, 1.54) is 0 Å². The molecule has 2 aromatic rings. The number of aryl methyl sites for hydroxylation is 1. The molecular weight excluding hydrogens is 352 g/mol. The van der Waals surface area contributed by atoms with Crippen molar-refractivity contribution in [1.82, 2.24) is 9.88 Å². The fourth-order valence-electron chi connectivity index (χ4n) is 4.38. The van der Waals surface area contributed by atoms with Crippen molar-refractivity contribution in [2.45, 2.75) is 57.5 Å². The van der Waals surface area contributed by atoms with Gasteiger partial charge in [0.1, 0.15) is 11.8 Å². The molecule has 1 saturated heterocycles. The van der Waals surface area contributed by atoms with Crippen molar-refractivity contribution in [2.75, 3.05) is 0 Å². The van der Waals surface area contributed by atoms with E-state index in [0.29, 0.717) is 29.7 Å². The SMILES string of the molecule is Cc1oc(-c2ccsc2)nc1CC(=O)N1[C@@H]2CCCC[C@H]2C[C@H]1C(=O)O. The van der Waals surface area contributed by atoms with Crippen LogP contribution in [0.2, 0.25) is 0 Å². The summed E-state index contributed by atoms with van der Waals surface area (Å²) in [6.07, 6.45) is 4.77. The van der Waals surface area contributed by atoms with E-state index in [1.807, 2.05) is 16.8 Å². The Morgan fingerprint density at radius 1 is 1.38 bits per heavy atom. The van der Waals surface area contributed by atoms with Crippen molar-refractivity contribution in [2.24, 2.45) is 5.92 Å². The highest BCUT2D eigenvalue weighted by molar-refractivity contribution is 7.08. The van der Waals surface area contributed by atoms with E-state index >= 15 is 0 Å². The number of carboxylic acid groups (broad SMARTS) is 1. The number of aliphatic carboxylic acids is 1. The number of rotatable bonds is 4. The average molecular weight is 374 g/mol. The summed E-state index contributed by atoms with van der Waals surface area (Å²) in [6, 6.07) is 1.27. The topological polar surface area (TPSA) is 83.6 Å². The van der Waals surface area contributed by atoms with Crippen LogP contribution >= 0.6 is 11.3 Å². The first-order valence-electron chi connectivity index (χ1n) is 9.07. The van der Waals surface area contributed by atoms with E-state index in [4.69, 9.17) is 4.42 Å². The predicted octanol–water partition coefficient (Wildman–Crippen LogP) is 3.50. The zero-order chi connectivity index (χ0) is 18.3. The lowest BCUT2D eigenvalue weighted by Gasteiger charge is -2.33. The van der Waals surface area contributed by atoms with E-state index in [0.717, 1.165) is 31.2 Å². The monoisotopic (exact) mass is 374 g/mol. The molecule has 3 atom stereocenters. The second-order valence-corrected chi connectivity index (χ2v) is 7.99. The zero-order valence-electron chi connectivity index (χ0n) is 14.7. The second kappa shape index (κ2) is 6.87. The lowest BCUT2D eigenvalue weighted by molar-refractivity contribution is -0.149. The molecule has 0 radical (unpaired) electrons. The minimum Gasteiger partial charge on any atom is -0.480 e. The van der Waals surface area contributed by atoms with Crippen LogP contribution in [0.25, 0.3) is 11.5 Å². The summed E-state index contributed by atoms with van der Waals surface area (Å²) in [5, 5.41) is 13.5. The van der Waals surface area contributed by atoms with Crippen molar-refractivity contribution < 1.29 is 19.1 Å². The van der Waals surface area contributed by atoms with Gasteiger partial charge in [0.2, 0.25) is 11.8 Å². The number of carbonyl (C=O) groups is 2. The summed E-state index contributed by atoms with van der Waals surface area (Å²) in [5.41, 5.74) is 1.49. The summed E-state index contributed by atoms with van der Waals surface area (Å²) < 4.78 is 5.71. The zero-order valence-corrected chi connectivity index (χ0v) is 15.5. The summed E-state index contributed by atoms with van der Waals surface area (Å²) in [7, 11) is 0. The minimum atomic E-state index is -0.899. The third-order valence-corrected chi connectivity index (χ3v) is 6.32. The van der Waals surface area contributed by atoms with E-state index in [2.05, 4.69) is 4.98 Å². The molecule has 7 heteroatoms. The molecular formula is C19H22N2O4S. The van der Waals surface area contributed by atoms with Crippen LogP contribution in [0.3, 0.4) is 0 Å². The van der Waals surface area contributed by atoms with Crippen LogP contribution in [0.1, 0.15) is 43.6 Å². The summed E-state index contributed by atoms with van der Waals surface area (Å²) >= 11 is 1.56. The summed E-state index contributed by atoms with van der Waals surface area (Å²) in [5.74, 6) is 0.390. The Balaban J connectivity index is 1.56. The molecule has 138 valence electrons. The Bertz CT molecular complexity index is 814. The van der Waals surface area contributed by atoms with Crippen molar-refractivity contribution in [3.63, 3.8) is 0 Å². The maximum Gasteiger partial charge on any atom is 0.326 e. The fourth-order valence-corrected chi connectivity index (χ4v) is 5.01. The number of hydrogen-bond donors (Lipinski definition) is 1. The van der Waals surface area contributed by atoms with Gasteiger partial charge in [0.15, 0.2) is 0 Å². The Hall–Kier alpha value is -2.15. The highest BCUT2D eigenvalue weighted by Crippen LogP contribution is 2.40. The minimum absolute atomic E-state index is 0.0564. The van der Waals surface area contributed by atoms with Crippen molar-refractivity contribution in [1.29, 1.82) is 0 Å². The van der Waals surface area contributed by atoms with E-state index < -0.39 is 12.0 Å². The quantitative estimate of drug-likeness (QED) is 0.885.